The number of phenols is 1. The Bertz CT molecular complexity index is 715. The zero-order valence-corrected chi connectivity index (χ0v) is 15.5. The summed E-state index contributed by atoms with van der Waals surface area (Å²) in [6.45, 7) is 0.246. The summed E-state index contributed by atoms with van der Waals surface area (Å²) in [5.41, 5.74) is 0.614. The van der Waals surface area contributed by atoms with Crippen LogP contribution >= 0.6 is 23.2 Å². The van der Waals surface area contributed by atoms with Crippen LogP contribution in [-0.4, -0.2) is 65.4 Å². The third-order valence-corrected chi connectivity index (χ3v) is 5.73. The van der Waals surface area contributed by atoms with Gasteiger partial charge < -0.3 is 25.2 Å². The highest BCUT2D eigenvalue weighted by Gasteiger charge is 2.41. The van der Waals surface area contributed by atoms with Crippen LogP contribution in [0.4, 0.5) is 0 Å². The number of piperidine rings is 1. The number of rotatable bonds is 4. The quantitative estimate of drug-likeness (QED) is 0.704. The van der Waals surface area contributed by atoms with Crippen LogP contribution in [0.5, 0.6) is 5.75 Å². The molecule has 0 aliphatic carbocycles. The molecule has 26 heavy (non-hydrogen) atoms. The van der Waals surface area contributed by atoms with E-state index in [2.05, 4.69) is 5.32 Å². The van der Waals surface area contributed by atoms with Crippen molar-refractivity contribution in [3.63, 3.8) is 0 Å². The van der Waals surface area contributed by atoms with Gasteiger partial charge in [-0.1, -0.05) is 23.2 Å². The molecule has 2 fully saturated rings. The van der Waals surface area contributed by atoms with Crippen molar-refractivity contribution in [2.45, 2.75) is 30.9 Å². The maximum atomic E-state index is 12.6. The number of nitrogens with one attached hydrogen (secondary N) is 1. The fourth-order valence-electron chi connectivity index (χ4n) is 3.60. The third-order valence-electron chi connectivity index (χ3n) is 4.91. The molecule has 1 aromatic carbocycles. The van der Waals surface area contributed by atoms with E-state index in [4.69, 9.17) is 33.0 Å². The molecule has 2 heterocycles. The number of halogens is 2. The predicted octanol–water partition coefficient (Wildman–Crippen LogP) is 1.28. The molecule has 1 aromatic rings. The van der Waals surface area contributed by atoms with E-state index in [0.29, 0.717) is 41.6 Å². The summed E-state index contributed by atoms with van der Waals surface area (Å²) in [6, 6.07) is 2.95. The molecule has 0 saturated carbocycles. The first-order valence-corrected chi connectivity index (χ1v) is 9.14. The van der Waals surface area contributed by atoms with Gasteiger partial charge in [0.1, 0.15) is 12.4 Å². The van der Waals surface area contributed by atoms with Crippen molar-refractivity contribution in [1.29, 1.82) is 0 Å². The van der Waals surface area contributed by atoms with E-state index in [1.807, 2.05) is 0 Å². The molecule has 2 aliphatic heterocycles. The number of carbonyl (C=O) groups excluding carboxylic acids is 2. The van der Waals surface area contributed by atoms with Gasteiger partial charge in [-0.15, -0.1) is 0 Å². The van der Waals surface area contributed by atoms with E-state index < -0.39 is 18.6 Å². The zero-order chi connectivity index (χ0) is 18.8. The van der Waals surface area contributed by atoms with Crippen molar-refractivity contribution in [3.05, 3.63) is 27.7 Å². The average Bonchev–Trinajstić information content (AvgIpc) is 2.64. The van der Waals surface area contributed by atoms with Gasteiger partial charge in [-0.3, -0.25) is 9.59 Å². The van der Waals surface area contributed by atoms with Gasteiger partial charge in [-0.05, 0) is 30.9 Å². The minimum Gasteiger partial charge on any atom is -0.508 e. The van der Waals surface area contributed by atoms with Gasteiger partial charge >= 0.3 is 0 Å². The molecule has 0 radical (unpaired) electrons. The molecule has 1 unspecified atom stereocenters. The van der Waals surface area contributed by atoms with Crippen LogP contribution in [0.15, 0.2) is 12.1 Å². The number of fused-ring (bicyclic) bond motifs is 1. The lowest BCUT2D eigenvalue weighted by Gasteiger charge is -2.44. The van der Waals surface area contributed by atoms with Gasteiger partial charge in [0.15, 0.2) is 6.10 Å². The Balaban J connectivity index is 1.68. The summed E-state index contributed by atoms with van der Waals surface area (Å²) in [5.74, 6) is -0.650. The second-order valence-electron chi connectivity index (χ2n) is 6.49. The molecule has 3 N–H and O–H groups in total. The fraction of sp³-hybridized carbons (Fsp3) is 0.529. The van der Waals surface area contributed by atoms with Crippen molar-refractivity contribution >= 4 is 35.0 Å². The number of nitrogens with zero attached hydrogens (tertiary/aromatic N) is 1. The van der Waals surface area contributed by atoms with Crippen LogP contribution in [0, 0.1) is 0 Å². The summed E-state index contributed by atoms with van der Waals surface area (Å²) in [7, 11) is 0. The zero-order valence-electron chi connectivity index (χ0n) is 14.0. The van der Waals surface area contributed by atoms with E-state index in [-0.39, 0.29) is 30.2 Å². The minimum atomic E-state index is -0.749. The minimum absolute atomic E-state index is 0.0236. The maximum Gasteiger partial charge on any atom is 0.253 e. The SMILES string of the molecule is O=C(CO)NCC1OC[C@@H]2C[C@H](c3c(O)ccc(Cl)c3Cl)CCN2C1=O. The number of morpholine rings is 1. The number of aliphatic hydroxyl groups excluding tert-OH is 1. The Morgan fingerprint density at radius 1 is 1.38 bits per heavy atom. The molecule has 0 bridgehead atoms. The average molecular weight is 403 g/mol. The third kappa shape index (κ3) is 3.76. The molecule has 0 aromatic heterocycles. The lowest BCUT2D eigenvalue weighted by Crippen LogP contribution is -2.59. The van der Waals surface area contributed by atoms with E-state index in [1.54, 1.807) is 11.0 Å². The van der Waals surface area contributed by atoms with Crippen LogP contribution in [0.1, 0.15) is 24.3 Å². The molecule has 9 heteroatoms. The number of ether oxygens (including phenoxy) is 1. The number of hydrogen-bond acceptors (Lipinski definition) is 5. The number of amides is 2. The topological polar surface area (TPSA) is 99.1 Å². The molecular formula is C17H20Cl2N2O5. The van der Waals surface area contributed by atoms with Crippen molar-refractivity contribution in [2.24, 2.45) is 0 Å². The molecule has 2 aliphatic rings. The smallest absolute Gasteiger partial charge is 0.253 e. The van der Waals surface area contributed by atoms with Crippen molar-refractivity contribution in [3.8, 4) is 5.75 Å². The number of benzene rings is 1. The van der Waals surface area contributed by atoms with Gasteiger partial charge in [-0.25, -0.2) is 0 Å². The first-order chi connectivity index (χ1) is 12.4. The molecule has 2 amide bonds. The summed E-state index contributed by atoms with van der Waals surface area (Å²) in [6.07, 6.45) is 0.502. The lowest BCUT2D eigenvalue weighted by atomic mass is 9.84. The Hall–Kier alpha value is -1.54. The van der Waals surface area contributed by atoms with Crippen LogP contribution in [0.2, 0.25) is 10.0 Å². The normalized spacial score (nSPS) is 25.7. The molecule has 0 spiro atoms. The first-order valence-electron chi connectivity index (χ1n) is 8.38. The van der Waals surface area contributed by atoms with E-state index >= 15 is 0 Å². The van der Waals surface area contributed by atoms with Crippen LogP contribution in [0.3, 0.4) is 0 Å². The molecule has 3 rings (SSSR count). The molecular weight excluding hydrogens is 383 g/mol. The molecule has 7 nitrogen and oxygen atoms in total. The number of phenolic OH excluding ortho intramolecular Hbond substituents is 1. The second kappa shape index (κ2) is 8.00. The van der Waals surface area contributed by atoms with E-state index in [9.17, 15) is 14.7 Å². The van der Waals surface area contributed by atoms with E-state index in [1.165, 1.54) is 6.07 Å². The van der Waals surface area contributed by atoms with Gasteiger partial charge in [0, 0.05) is 12.1 Å². The highest BCUT2D eigenvalue weighted by atomic mass is 35.5. The number of carbonyl (C=O) groups is 2. The Morgan fingerprint density at radius 2 is 2.15 bits per heavy atom. The monoisotopic (exact) mass is 402 g/mol. The molecule has 3 atom stereocenters. The summed E-state index contributed by atoms with van der Waals surface area (Å²) >= 11 is 12.4. The van der Waals surface area contributed by atoms with Crippen LogP contribution in [-0.2, 0) is 14.3 Å². The van der Waals surface area contributed by atoms with Crippen LogP contribution < -0.4 is 5.32 Å². The lowest BCUT2D eigenvalue weighted by molar-refractivity contribution is -0.162. The van der Waals surface area contributed by atoms with Gasteiger partial charge in [0.2, 0.25) is 5.91 Å². The number of hydrogen-bond donors (Lipinski definition) is 3. The van der Waals surface area contributed by atoms with Gasteiger partial charge in [-0.2, -0.15) is 0 Å². The Morgan fingerprint density at radius 3 is 2.88 bits per heavy atom. The van der Waals surface area contributed by atoms with Crippen molar-refractivity contribution < 1.29 is 24.5 Å². The Kier molecular flexibility index (Phi) is 5.92. The highest BCUT2D eigenvalue weighted by Crippen LogP contribution is 2.43. The first kappa shape index (κ1) is 19.2. The number of aliphatic hydroxyl groups is 1. The predicted molar refractivity (Wildman–Crippen MR) is 95.4 cm³/mol. The summed E-state index contributed by atoms with van der Waals surface area (Å²) in [4.78, 5) is 25.5. The molecule has 142 valence electrons. The standard InChI is InChI=1S/C17H20Cl2N2O5/c18-11-1-2-12(23)15(16(11)19)9-3-4-21-10(5-9)8-26-13(17(21)25)6-20-14(24)7-22/h1-2,9-10,13,22-23H,3-8H2,(H,20,24)/t9-,10+,13?/m1/s1. The van der Waals surface area contributed by atoms with Crippen molar-refractivity contribution in [2.75, 3.05) is 26.3 Å². The van der Waals surface area contributed by atoms with Gasteiger partial charge in [0.25, 0.3) is 5.91 Å². The Labute approximate surface area is 160 Å². The van der Waals surface area contributed by atoms with Gasteiger partial charge in [0.05, 0.1) is 29.2 Å². The fourth-order valence-corrected chi connectivity index (χ4v) is 4.08. The van der Waals surface area contributed by atoms with E-state index in [0.717, 1.165) is 0 Å². The largest absolute Gasteiger partial charge is 0.508 e. The molecule has 2 saturated heterocycles. The van der Waals surface area contributed by atoms with Crippen LogP contribution in [0.25, 0.3) is 0 Å². The highest BCUT2D eigenvalue weighted by molar-refractivity contribution is 6.42. The maximum absolute atomic E-state index is 12.6. The second-order valence-corrected chi connectivity index (χ2v) is 7.27. The van der Waals surface area contributed by atoms with Crippen molar-refractivity contribution in [1.82, 2.24) is 10.2 Å². The summed E-state index contributed by atoms with van der Waals surface area (Å²) in [5, 5.41) is 22.1. The summed E-state index contributed by atoms with van der Waals surface area (Å²) < 4.78 is 5.61. The number of aromatic hydroxyl groups is 1.